The molecule has 1 rings (SSSR count). The van der Waals surface area contributed by atoms with Gasteiger partial charge in [0.1, 0.15) is 0 Å². The maximum atomic E-state index is 6.00. The summed E-state index contributed by atoms with van der Waals surface area (Å²) in [5.74, 6) is 1.71. The summed E-state index contributed by atoms with van der Waals surface area (Å²) in [6.45, 7) is 6.60. The van der Waals surface area contributed by atoms with E-state index >= 15 is 0 Å². The standard InChI is InChI=1S/C9H20N2/c1-6-4-7(2)9(10,11)8(3)5-6/h6-8H,4-5,10-11H2,1-3H3. The third-order valence-electron chi connectivity index (χ3n) is 3.22. The summed E-state index contributed by atoms with van der Waals surface area (Å²) in [5.41, 5.74) is 11.6. The third-order valence-corrected chi connectivity index (χ3v) is 3.22. The fraction of sp³-hybridized carbons (Fsp3) is 1.00. The zero-order chi connectivity index (χ0) is 8.65. The molecule has 0 heterocycles. The van der Waals surface area contributed by atoms with Crippen molar-refractivity contribution >= 4 is 0 Å². The molecule has 66 valence electrons. The Bertz CT molecular complexity index is 128. The van der Waals surface area contributed by atoms with E-state index in [0.717, 1.165) is 5.92 Å². The molecule has 0 aromatic rings. The first-order chi connectivity index (χ1) is 4.94. The van der Waals surface area contributed by atoms with E-state index in [2.05, 4.69) is 20.8 Å². The van der Waals surface area contributed by atoms with E-state index in [0.29, 0.717) is 11.8 Å². The highest BCUT2D eigenvalue weighted by molar-refractivity contribution is 4.93. The van der Waals surface area contributed by atoms with Crippen molar-refractivity contribution in [2.45, 2.75) is 39.3 Å². The first-order valence-corrected chi connectivity index (χ1v) is 4.52. The van der Waals surface area contributed by atoms with Crippen molar-refractivity contribution in [2.24, 2.45) is 29.2 Å². The smallest absolute Gasteiger partial charge is 0.0689 e. The van der Waals surface area contributed by atoms with Gasteiger partial charge in [0.05, 0.1) is 5.66 Å². The molecule has 1 saturated carbocycles. The molecule has 0 spiro atoms. The van der Waals surface area contributed by atoms with Crippen molar-refractivity contribution in [3.05, 3.63) is 0 Å². The molecule has 0 radical (unpaired) electrons. The average Bonchev–Trinajstić information content (AvgIpc) is 1.84. The van der Waals surface area contributed by atoms with E-state index in [1.165, 1.54) is 12.8 Å². The molecule has 0 aromatic carbocycles. The molecule has 11 heavy (non-hydrogen) atoms. The predicted molar refractivity (Wildman–Crippen MR) is 47.8 cm³/mol. The molecule has 0 bridgehead atoms. The van der Waals surface area contributed by atoms with Crippen LogP contribution in [0.25, 0.3) is 0 Å². The van der Waals surface area contributed by atoms with Crippen LogP contribution in [0.4, 0.5) is 0 Å². The monoisotopic (exact) mass is 156 g/mol. The van der Waals surface area contributed by atoms with Crippen LogP contribution in [0.5, 0.6) is 0 Å². The second-order valence-corrected chi connectivity index (χ2v) is 4.38. The van der Waals surface area contributed by atoms with Crippen LogP contribution in [-0.2, 0) is 0 Å². The fourth-order valence-electron chi connectivity index (χ4n) is 2.20. The van der Waals surface area contributed by atoms with Gasteiger partial charge >= 0.3 is 0 Å². The normalized spacial score (nSPS) is 43.9. The number of hydrogen-bond donors (Lipinski definition) is 2. The van der Waals surface area contributed by atoms with Crippen molar-refractivity contribution in [1.82, 2.24) is 0 Å². The van der Waals surface area contributed by atoms with Crippen molar-refractivity contribution in [3.63, 3.8) is 0 Å². The second kappa shape index (κ2) is 2.76. The minimum atomic E-state index is -0.424. The molecule has 2 nitrogen and oxygen atoms in total. The van der Waals surface area contributed by atoms with Gasteiger partial charge in [0.2, 0.25) is 0 Å². The summed E-state index contributed by atoms with van der Waals surface area (Å²) in [6.07, 6.45) is 2.36. The van der Waals surface area contributed by atoms with E-state index in [-0.39, 0.29) is 0 Å². The van der Waals surface area contributed by atoms with E-state index < -0.39 is 5.66 Å². The van der Waals surface area contributed by atoms with Crippen LogP contribution in [0.2, 0.25) is 0 Å². The van der Waals surface area contributed by atoms with Crippen molar-refractivity contribution in [2.75, 3.05) is 0 Å². The van der Waals surface area contributed by atoms with Gasteiger partial charge in [0.15, 0.2) is 0 Å². The van der Waals surface area contributed by atoms with Crippen LogP contribution in [0.1, 0.15) is 33.6 Å². The average molecular weight is 156 g/mol. The molecule has 0 aromatic heterocycles. The first kappa shape index (κ1) is 9.01. The Morgan fingerprint density at radius 1 is 1.00 bits per heavy atom. The summed E-state index contributed by atoms with van der Waals surface area (Å²) in [6, 6.07) is 0. The SMILES string of the molecule is CC1CC(C)C(N)(N)C(C)C1. The van der Waals surface area contributed by atoms with Gasteiger partial charge in [-0.3, -0.25) is 0 Å². The molecule has 0 saturated heterocycles. The number of hydrogen-bond acceptors (Lipinski definition) is 2. The maximum Gasteiger partial charge on any atom is 0.0689 e. The summed E-state index contributed by atoms with van der Waals surface area (Å²) >= 11 is 0. The lowest BCUT2D eigenvalue weighted by Crippen LogP contribution is -2.62. The number of rotatable bonds is 0. The fourth-order valence-corrected chi connectivity index (χ4v) is 2.20. The molecule has 2 heteroatoms. The van der Waals surface area contributed by atoms with E-state index in [1.807, 2.05) is 0 Å². The molecule has 2 atom stereocenters. The Kier molecular flexibility index (Phi) is 2.26. The lowest BCUT2D eigenvalue weighted by molar-refractivity contribution is 0.104. The summed E-state index contributed by atoms with van der Waals surface area (Å²) < 4.78 is 0. The van der Waals surface area contributed by atoms with Gasteiger partial charge in [-0.25, -0.2) is 0 Å². The Labute approximate surface area is 69.3 Å². The van der Waals surface area contributed by atoms with Gasteiger partial charge in [0, 0.05) is 0 Å². The zero-order valence-electron chi connectivity index (χ0n) is 7.80. The molecular weight excluding hydrogens is 136 g/mol. The summed E-state index contributed by atoms with van der Waals surface area (Å²) in [5, 5.41) is 0. The Morgan fingerprint density at radius 2 is 1.36 bits per heavy atom. The van der Waals surface area contributed by atoms with Gasteiger partial charge < -0.3 is 11.5 Å². The van der Waals surface area contributed by atoms with Crippen LogP contribution in [-0.4, -0.2) is 5.66 Å². The topological polar surface area (TPSA) is 52.0 Å². The van der Waals surface area contributed by atoms with E-state index in [4.69, 9.17) is 11.5 Å². The van der Waals surface area contributed by atoms with Crippen LogP contribution in [0.15, 0.2) is 0 Å². The van der Waals surface area contributed by atoms with Crippen LogP contribution >= 0.6 is 0 Å². The van der Waals surface area contributed by atoms with Gasteiger partial charge in [-0.2, -0.15) is 0 Å². The quantitative estimate of drug-likeness (QED) is 0.519. The highest BCUT2D eigenvalue weighted by Gasteiger charge is 2.38. The molecule has 0 amide bonds. The highest BCUT2D eigenvalue weighted by Crippen LogP contribution is 2.35. The van der Waals surface area contributed by atoms with Crippen molar-refractivity contribution in [1.29, 1.82) is 0 Å². The molecule has 0 aliphatic heterocycles. The molecular formula is C9H20N2. The highest BCUT2D eigenvalue weighted by atomic mass is 15.0. The van der Waals surface area contributed by atoms with Gasteiger partial charge in [0.25, 0.3) is 0 Å². The second-order valence-electron chi connectivity index (χ2n) is 4.38. The van der Waals surface area contributed by atoms with Gasteiger partial charge in [-0.05, 0) is 30.6 Å². The molecule has 1 aliphatic carbocycles. The third kappa shape index (κ3) is 1.57. The Morgan fingerprint density at radius 3 is 1.73 bits per heavy atom. The predicted octanol–water partition coefficient (Wildman–Crippen LogP) is 1.30. The summed E-state index contributed by atoms with van der Waals surface area (Å²) in [7, 11) is 0. The first-order valence-electron chi connectivity index (χ1n) is 4.52. The lowest BCUT2D eigenvalue weighted by Gasteiger charge is -2.44. The summed E-state index contributed by atoms with van der Waals surface area (Å²) in [4.78, 5) is 0. The Hall–Kier alpha value is -0.0800. The van der Waals surface area contributed by atoms with E-state index in [9.17, 15) is 0 Å². The van der Waals surface area contributed by atoms with Gasteiger partial charge in [-0.1, -0.05) is 20.8 Å². The molecule has 1 aliphatic rings. The maximum absolute atomic E-state index is 6.00. The van der Waals surface area contributed by atoms with Gasteiger partial charge in [-0.15, -0.1) is 0 Å². The largest absolute Gasteiger partial charge is 0.313 e. The van der Waals surface area contributed by atoms with Crippen LogP contribution in [0.3, 0.4) is 0 Å². The zero-order valence-corrected chi connectivity index (χ0v) is 7.80. The van der Waals surface area contributed by atoms with Crippen LogP contribution < -0.4 is 11.5 Å². The molecule has 1 fully saturated rings. The lowest BCUT2D eigenvalue weighted by atomic mass is 9.70. The minimum absolute atomic E-state index is 0.424. The number of nitrogens with two attached hydrogens (primary N) is 2. The van der Waals surface area contributed by atoms with Crippen LogP contribution in [0, 0.1) is 17.8 Å². The molecule has 4 N–H and O–H groups in total. The molecule has 2 unspecified atom stereocenters. The minimum Gasteiger partial charge on any atom is -0.313 e. The van der Waals surface area contributed by atoms with Crippen molar-refractivity contribution in [3.8, 4) is 0 Å². The van der Waals surface area contributed by atoms with E-state index in [1.54, 1.807) is 0 Å². The van der Waals surface area contributed by atoms with Crippen molar-refractivity contribution < 1.29 is 0 Å². The Balaban J connectivity index is 2.67.